The van der Waals surface area contributed by atoms with Crippen molar-refractivity contribution in [2.24, 2.45) is 5.41 Å². The molecular weight excluding hydrogens is 270 g/mol. The summed E-state index contributed by atoms with van der Waals surface area (Å²) in [5.74, 6) is -0.258. The summed E-state index contributed by atoms with van der Waals surface area (Å²) in [7, 11) is 2.15. The summed E-state index contributed by atoms with van der Waals surface area (Å²) in [5.41, 5.74) is 0.324. The first-order chi connectivity index (χ1) is 10.0. The normalized spacial score (nSPS) is 21.5. The number of carbonyl (C=O) groups excluding carboxylic acids is 2. The lowest BCUT2D eigenvalue weighted by Crippen LogP contribution is -2.43. The molecule has 2 aliphatic rings. The van der Waals surface area contributed by atoms with Crippen molar-refractivity contribution in [3.63, 3.8) is 0 Å². The molecule has 6 nitrogen and oxygen atoms in total. The fourth-order valence-electron chi connectivity index (χ4n) is 3.23. The minimum atomic E-state index is -0.258. The van der Waals surface area contributed by atoms with Crippen molar-refractivity contribution in [1.29, 1.82) is 0 Å². The largest absolute Gasteiger partial charge is 0.466 e. The van der Waals surface area contributed by atoms with Gasteiger partial charge in [-0.2, -0.15) is 0 Å². The Balaban J connectivity index is 1.71. The quantitative estimate of drug-likeness (QED) is 0.788. The maximum atomic E-state index is 12.1. The van der Waals surface area contributed by atoms with Gasteiger partial charge in [0.15, 0.2) is 0 Å². The Labute approximate surface area is 126 Å². The van der Waals surface area contributed by atoms with Crippen LogP contribution in [0.1, 0.15) is 32.6 Å². The number of ether oxygens (including phenoxy) is 1. The van der Waals surface area contributed by atoms with Crippen LogP contribution in [0.15, 0.2) is 0 Å². The number of piperidine rings is 1. The number of likely N-dealkylation sites (tertiary alicyclic amines) is 2. The summed E-state index contributed by atoms with van der Waals surface area (Å²) < 4.78 is 4.84. The lowest BCUT2D eigenvalue weighted by atomic mass is 9.78. The van der Waals surface area contributed by atoms with Gasteiger partial charge in [-0.25, -0.2) is 4.79 Å². The number of nitrogens with zero attached hydrogens (tertiary/aromatic N) is 2. The molecule has 2 saturated heterocycles. The van der Waals surface area contributed by atoms with Gasteiger partial charge in [0, 0.05) is 19.6 Å². The van der Waals surface area contributed by atoms with Gasteiger partial charge in [0.05, 0.1) is 13.0 Å². The third-order valence-electron chi connectivity index (χ3n) is 4.68. The second kappa shape index (κ2) is 7.11. The van der Waals surface area contributed by atoms with Crippen molar-refractivity contribution in [3.05, 3.63) is 0 Å². The van der Waals surface area contributed by atoms with Gasteiger partial charge in [-0.3, -0.25) is 4.79 Å². The summed E-state index contributed by atoms with van der Waals surface area (Å²) in [4.78, 5) is 27.6. The minimum Gasteiger partial charge on any atom is -0.466 e. The Bertz CT molecular complexity index is 378. The molecule has 0 radical (unpaired) electrons. The van der Waals surface area contributed by atoms with E-state index in [2.05, 4.69) is 17.3 Å². The van der Waals surface area contributed by atoms with Crippen molar-refractivity contribution in [2.75, 3.05) is 46.4 Å². The van der Waals surface area contributed by atoms with Crippen LogP contribution in [0.3, 0.4) is 0 Å². The molecule has 0 aromatic carbocycles. The van der Waals surface area contributed by atoms with Crippen LogP contribution in [-0.2, 0) is 9.53 Å². The molecule has 120 valence electrons. The van der Waals surface area contributed by atoms with Crippen LogP contribution in [0.4, 0.5) is 4.79 Å². The van der Waals surface area contributed by atoms with Gasteiger partial charge in [-0.1, -0.05) is 0 Å². The summed E-state index contributed by atoms with van der Waals surface area (Å²) in [6, 6.07) is -0.0462. The first kappa shape index (κ1) is 16.1. The summed E-state index contributed by atoms with van der Waals surface area (Å²) in [6.45, 7) is 6.44. The summed E-state index contributed by atoms with van der Waals surface area (Å²) >= 11 is 0. The van der Waals surface area contributed by atoms with E-state index in [1.807, 2.05) is 4.90 Å². The van der Waals surface area contributed by atoms with Crippen molar-refractivity contribution < 1.29 is 14.3 Å². The van der Waals surface area contributed by atoms with E-state index < -0.39 is 0 Å². The monoisotopic (exact) mass is 297 g/mol. The van der Waals surface area contributed by atoms with Crippen molar-refractivity contribution >= 4 is 12.0 Å². The molecule has 2 rings (SSSR count). The molecule has 0 aromatic heterocycles. The highest BCUT2D eigenvalue weighted by Gasteiger charge is 2.41. The number of hydrogen-bond donors (Lipinski definition) is 1. The zero-order valence-electron chi connectivity index (χ0n) is 13.2. The molecule has 1 spiro atoms. The van der Waals surface area contributed by atoms with Crippen LogP contribution in [0.5, 0.6) is 0 Å². The molecule has 0 atom stereocenters. The van der Waals surface area contributed by atoms with Crippen LogP contribution < -0.4 is 5.32 Å². The molecule has 2 fully saturated rings. The Morgan fingerprint density at radius 3 is 2.52 bits per heavy atom. The maximum absolute atomic E-state index is 12.1. The predicted octanol–water partition coefficient (Wildman–Crippen LogP) is 1.07. The molecule has 1 N–H and O–H groups in total. The van der Waals surface area contributed by atoms with E-state index in [9.17, 15) is 9.59 Å². The van der Waals surface area contributed by atoms with Crippen LogP contribution in [0.25, 0.3) is 0 Å². The number of esters is 1. The molecule has 0 aromatic rings. The third-order valence-corrected chi connectivity index (χ3v) is 4.68. The highest BCUT2D eigenvalue weighted by atomic mass is 16.5. The van der Waals surface area contributed by atoms with Crippen LogP contribution in [-0.4, -0.2) is 68.2 Å². The number of urea groups is 1. The number of amides is 2. The molecule has 2 amide bonds. The molecule has 21 heavy (non-hydrogen) atoms. The Morgan fingerprint density at radius 2 is 1.86 bits per heavy atom. The summed E-state index contributed by atoms with van der Waals surface area (Å²) in [5, 5.41) is 2.82. The average molecular weight is 297 g/mol. The van der Waals surface area contributed by atoms with Gasteiger partial charge < -0.3 is 19.9 Å². The first-order valence-electron chi connectivity index (χ1n) is 7.92. The van der Waals surface area contributed by atoms with Gasteiger partial charge in [0.1, 0.15) is 0 Å². The minimum absolute atomic E-state index is 0.0462. The SMILES string of the molecule is CCOC(=O)CCNC(=O)N1CCC2(CCN(C)CC2)C1. The van der Waals surface area contributed by atoms with Crippen LogP contribution in [0.2, 0.25) is 0 Å². The van der Waals surface area contributed by atoms with Gasteiger partial charge >= 0.3 is 12.0 Å². The highest BCUT2D eigenvalue weighted by Crippen LogP contribution is 2.39. The van der Waals surface area contributed by atoms with Crippen molar-refractivity contribution in [1.82, 2.24) is 15.1 Å². The first-order valence-corrected chi connectivity index (χ1v) is 7.92. The second-order valence-electron chi connectivity index (χ2n) is 6.26. The third kappa shape index (κ3) is 4.33. The van der Waals surface area contributed by atoms with Gasteiger partial charge in [-0.05, 0) is 51.7 Å². The van der Waals surface area contributed by atoms with E-state index >= 15 is 0 Å². The molecule has 0 unspecified atom stereocenters. The molecule has 0 saturated carbocycles. The van der Waals surface area contributed by atoms with E-state index in [1.165, 1.54) is 12.8 Å². The fourth-order valence-corrected chi connectivity index (χ4v) is 3.23. The van der Waals surface area contributed by atoms with Crippen LogP contribution in [0, 0.1) is 5.41 Å². The Kier molecular flexibility index (Phi) is 5.45. The lowest BCUT2D eigenvalue weighted by Gasteiger charge is -2.37. The van der Waals surface area contributed by atoms with Crippen molar-refractivity contribution in [3.8, 4) is 0 Å². The second-order valence-corrected chi connectivity index (χ2v) is 6.26. The molecule has 2 heterocycles. The van der Waals surface area contributed by atoms with Crippen LogP contribution >= 0.6 is 0 Å². The van der Waals surface area contributed by atoms with E-state index in [4.69, 9.17) is 4.74 Å². The topological polar surface area (TPSA) is 61.9 Å². The van der Waals surface area contributed by atoms with E-state index in [0.717, 1.165) is 32.6 Å². The van der Waals surface area contributed by atoms with Gasteiger partial charge in [0.25, 0.3) is 0 Å². The lowest BCUT2D eigenvalue weighted by molar-refractivity contribution is -0.142. The molecule has 6 heteroatoms. The Morgan fingerprint density at radius 1 is 1.19 bits per heavy atom. The molecule has 0 bridgehead atoms. The standard InChI is InChI=1S/C15H27N3O3/c1-3-21-13(19)4-8-16-14(20)18-11-7-15(12-18)5-9-17(2)10-6-15/h3-12H2,1-2H3,(H,16,20). The average Bonchev–Trinajstić information content (AvgIpc) is 2.87. The van der Waals surface area contributed by atoms with E-state index in [-0.39, 0.29) is 18.4 Å². The summed E-state index contributed by atoms with van der Waals surface area (Å²) in [6.07, 6.45) is 3.70. The molecular formula is C15H27N3O3. The molecule has 0 aliphatic carbocycles. The Hall–Kier alpha value is -1.30. The number of hydrogen-bond acceptors (Lipinski definition) is 4. The smallest absolute Gasteiger partial charge is 0.317 e. The predicted molar refractivity (Wildman–Crippen MR) is 80.0 cm³/mol. The molecule has 2 aliphatic heterocycles. The van der Waals surface area contributed by atoms with Gasteiger partial charge in [-0.15, -0.1) is 0 Å². The maximum Gasteiger partial charge on any atom is 0.317 e. The zero-order valence-corrected chi connectivity index (χ0v) is 13.2. The highest BCUT2D eigenvalue weighted by molar-refractivity contribution is 5.76. The zero-order chi connectivity index (χ0) is 15.3. The number of rotatable bonds is 4. The van der Waals surface area contributed by atoms with E-state index in [1.54, 1.807) is 6.92 Å². The van der Waals surface area contributed by atoms with Crippen molar-refractivity contribution in [2.45, 2.75) is 32.6 Å². The number of carbonyl (C=O) groups is 2. The fraction of sp³-hybridized carbons (Fsp3) is 0.867. The van der Waals surface area contributed by atoms with E-state index in [0.29, 0.717) is 18.6 Å². The number of nitrogens with one attached hydrogen (secondary N) is 1. The van der Waals surface area contributed by atoms with Gasteiger partial charge in [0.2, 0.25) is 0 Å².